The number of rotatable bonds is 2. The lowest BCUT2D eigenvalue weighted by Crippen LogP contribution is -2.35. The van der Waals surface area contributed by atoms with Crippen LogP contribution < -0.4 is 5.32 Å². The second-order valence-corrected chi connectivity index (χ2v) is 6.42. The van der Waals surface area contributed by atoms with Gasteiger partial charge in [0.05, 0.1) is 15.9 Å². The predicted octanol–water partition coefficient (Wildman–Crippen LogP) is 1.82. The Hall–Kier alpha value is -0.390. The molecule has 2 atom stereocenters. The van der Waals surface area contributed by atoms with Crippen molar-refractivity contribution in [1.82, 2.24) is 20.0 Å². The molecule has 5 heteroatoms. The first-order valence-electron chi connectivity index (χ1n) is 6.80. The van der Waals surface area contributed by atoms with E-state index in [2.05, 4.69) is 38.2 Å². The van der Waals surface area contributed by atoms with Gasteiger partial charge in [-0.05, 0) is 42.1 Å². The normalized spacial score (nSPS) is 28.6. The minimum atomic E-state index is 0.700. The molecule has 1 aromatic rings. The number of nitrogens with zero attached hydrogens (tertiary/aromatic N) is 3. The van der Waals surface area contributed by atoms with Gasteiger partial charge in [-0.25, -0.2) is 0 Å². The van der Waals surface area contributed by atoms with E-state index < -0.39 is 0 Å². The minimum absolute atomic E-state index is 0.700. The topological polar surface area (TPSA) is 33.1 Å². The fourth-order valence-electron chi connectivity index (χ4n) is 3.22. The third kappa shape index (κ3) is 2.36. The van der Waals surface area contributed by atoms with E-state index in [-0.39, 0.29) is 0 Å². The predicted molar refractivity (Wildman–Crippen MR) is 75.5 cm³/mol. The van der Waals surface area contributed by atoms with E-state index in [1.165, 1.54) is 42.5 Å². The number of hydrogen-bond donors (Lipinski definition) is 1. The quantitative estimate of drug-likeness (QED) is 0.904. The van der Waals surface area contributed by atoms with Gasteiger partial charge in [0, 0.05) is 38.8 Å². The number of aromatic nitrogens is 2. The third-order valence-electron chi connectivity index (χ3n) is 4.24. The van der Waals surface area contributed by atoms with Gasteiger partial charge in [0.15, 0.2) is 0 Å². The maximum atomic E-state index is 4.47. The molecular weight excluding hydrogens is 292 g/mol. The lowest BCUT2D eigenvalue weighted by Gasteiger charge is -2.24. The summed E-state index contributed by atoms with van der Waals surface area (Å²) in [4.78, 5) is 2.57. The summed E-state index contributed by atoms with van der Waals surface area (Å²) in [6.45, 7) is 5.43. The monoisotopic (exact) mass is 312 g/mol. The van der Waals surface area contributed by atoms with Crippen molar-refractivity contribution in [3.8, 4) is 0 Å². The Labute approximate surface area is 117 Å². The molecule has 2 fully saturated rings. The van der Waals surface area contributed by atoms with Crippen LogP contribution in [0.2, 0.25) is 0 Å². The molecule has 1 N–H and O–H groups in total. The van der Waals surface area contributed by atoms with Crippen molar-refractivity contribution in [2.24, 2.45) is 7.05 Å². The number of fused-ring (bicyclic) bond motifs is 2. The molecule has 0 aromatic carbocycles. The average molecular weight is 313 g/mol. The van der Waals surface area contributed by atoms with E-state index >= 15 is 0 Å². The Morgan fingerprint density at radius 1 is 1.33 bits per heavy atom. The first kappa shape index (κ1) is 12.6. The molecule has 2 aliphatic heterocycles. The van der Waals surface area contributed by atoms with Gasteiger partial charge < -0.3 is 5.32 Å². The third-order valence-corrected chi connectivity index (χ3v) is 5.27. The number of likely N-dealkylation sites (tertiary alicyclic amines) is 1. The lowest BCUT2D eigenvalue weighted by molar-refractivity contribution is 0.244. The smallest absolute Gasteiger partial charge is 0.0739 e. The molecule has 18 heavy (non-hydrogen) atoms. The second kappa shape index (κ2) is 4.94. The summed E-state index contributed by atoms with van der Waals surface area (Å²) in [5, 5.41) is 8.20. The molecule has 0 amide bonds. The Morgan fingerprint density at radius 3 is 2.83 bits per heavy atom. The van der Waals surface area contributed by atoms with Gasteiger partial charge >= 0.3 is 0 Å². The summed E-state index contributed by atoms with van der Waals surface area (Å²) in [7, 11) is 2.04. The van der Waals surface area contributed by atoms with E-state index in [1.54, 1.807) is 0 Å². The zero-order valence-electron chi connectivity index (χ0n) is 11.1. The summed E-state index contributed by atoms with van der Waals surface area (Å²) >= 11 is 3.66. The largest absolute Gasteiger partial charge is 0.310 e. The molecule has 100 valence electrons. The summed E-state index contributed by atoms with van der Waals surface area (Å²) in [6.07, 6.45) is 3.99. The molecule has 1 aromatic heterocycles. The van der Waals surface area contributed by atoms with Crippen LogP contribution in [0.25, 0.3) is 0 Å². The van der Waals surface area contributed by atoms with Crippen LogP contribution in [0.1, 0.15) is 30.7 Å². The van der Waals surface area contributed by atoms with Crippen molar-refractivity contribution in [2.45, 2.75) is 44.8 Å². The van der Waals surface area contributed by atoms with Crippen molar-refractivity contribution in [3.63, 3.8) is 0 Å². The fourth-order valence-corrected chi connectivity index (χ4v) is 3.68. The van der Waals surface area contributed by atoms with Crippen molar-refractivity contribution in [2.75, 3.05) is 13.1 Å². The molecule has 2 saturated heterocycles. The second-order valence-electron chi connectivity index (χ2n) is 5.63. The molecule has 0 spiro atoms. The van der Waals surface area contributed by atoms with E-state index in [1.807, 2.05) is 11.7 Å². The Morgan fingerprint density at radius 2 is 2.11 bits per heavy atom. The van der Waals surface area contributed by atoms with Gasteiger partial charge in [-0.15, -0.1) is 0 Å². The van der Waals surface area contributed by atoms with Crippen LogP contribution >= 0.6 is 15.9 Å². The molecule has 0 aliphatic carbocycles. The Bertz CT molecular complexity index is 442. The summed E-state index contributed by atoms with van der Waals surface area (Å²) in [6, 6.07) is 1.46. The highest BCUT2D eigenvalue weighted by atomic mass is 79.9. The molecular formula is C13H21BrN4. The van der Waals surface area contributed by atoms with Crippen molar-refractivity contribution >= 4 is 15.9 Å². The van der Waals surface area contributed by atoms with Gasteiger partial charge in [0.2, 0.25) is 0 Å². The number of aryl methyl sites for hydroxylation is 2. The molecule has 3 rings (SSSR count). The van der Waals surface area contributed by atoms with E-state index in [0.717, 1.165) is 18.3 Å². The standard InChI is InChI=1S/C13H21BrN4/c1-9-13(14)12(17(2)16-9)8-18-6-5-10-3-4-11(7-18)15-10/h10-11,15H,3-8H2,1-2H3. The SMILES string of the molecule is Cc1nn(C)c(CN2CCC3CCC(C2)N3)c1Br. The highest BCUT2D eigenvalue weighted by Gasteiger charge is 2.29. The number of hydrogen-bond acceptors (Lipinski definition) is 3. The van der Waals surface area contributed by atoms with Crippen LogP contribution in [-0.2, 0) is 13.6 Å². The van der Waals surface area contributed by atoms with Crippen molar-refractivity contribution < 1.29 is 0 Å². The van der Waals surface area contributed by atoms with Crippen LogP contribution in [0.5, 0.6) is 0 Å². The molecule has 2 unspecified atom stereocenters. The Kier molecular flexibility index (Phi) is 3.47. The van der Waals surface area contributed by atoms with Crippen LogP contribution in [-0.4, -0.2) is 39.9 Å². The number of nitrogens with one attached hydrogen (secondary N) is 1. The van der Waals surface area contributed by atoms with Crippen molar-refractivity contribution in [1.29, 1.82) is 0 Å². The molecule has 2 aliphatic rings. The molecule has 2 bridgehead atoms. The van der Waals surface area contributed by atoms with E-state index in [9.17, 15) is 0 Å². The maximum absolute atomic E-state index is 4.47. The van der Waals surface area contributed by atoms with Crippen LogP contribution in [0.4, 0.5) is 0 Å². The van der Waals surface area contributed by atoms with Gasteiger partial charge in [-0.3, -0.25) is 9.58 Å². The average Bonchev–Trinajstić information content (AvgIpc) is 2.77. The summed E-state index contributed by atoms with van der Waals surface area (Å²) in [5.74, 6) is 0. The van der Waals surface area contributed by atoms with Crippen molar-refractivity contribution in [3.05, 3.63) is 15.9 Å². The minimum Gasteiger partial charge on any atom is -0.310 e. The molecule has 4 nitrogen and oxygen atoms in total. The van der Waals surface area contributed by atoms with Gasteiger partial charge in [0.25, 0.3) is 0 Å². The molecule has 0 saturated carbocycles. The first-order valence-corrected chi connectivity index (χ1v) is 7.59. The number of halogens is 1. The van der Waals surface area contributed by atoms with Crippen LogP contribution in [0.15, 0.2) is 4.47 Å². The zero-order valence-corrected chi connectivity index (χ0v) is 12.7. The molecule has 0 radical (unpaired) electrons. The van der Waals surface area contributed by atoms with Crippen LogP contribution in [0, 0.1) is 6.92 Å². The van der Waals surface area contributed by atoms with E-state index in [4.69, 9.17) is 0 Å². The highest BCUT2D eigenvalue weighted by molar-refractivity contribution is 9.10. The Balaban J connectivity index is 1.72. The van der Waals surface area contributed by atoms with Gasteiger partial charge in [0.1, 0.15) is 0 Å². The van der Waals surface area contributed by atoms with E-state index in [0.29, 0.717) is 6.04 Å². The lowest BCUT2D eigenvalue weighted by atomic mass is 10.1. The van der Waals surface area contributed by atoms with Gasteiger partial charge in [-0.2, -0.15) is 5.10 Å². The summed E-state index contributed by atoms with van der Waals surface area (Å²) in [5.41, 5.74) is 2.38. The molecule has 3 heterocycles. The fraction of sp³-hybridized carbons (Fsp3) is 0.769. The van der Waals surface area contributed by atoms with Gasteiger partial charge in [-0.1, -0.05) is 0 Å². The first-order chi connectivity index (χ1) is 8.63. The highest BCUT2D eigenvalue weighted by Crippen LogP contribution is 2.25. The summed E-state index contributed by atoms with van der Waals surface area (Å²) < 4.78 is 3.18. The maximum Gasteiger partial charge on any atom is 0.0739 e. The van der Waals surface area contributed by atoms with Crippen LogP contribution in [0.3, 0.4) is 0 Å². The zero-order chi connectivity index (χ0) is 12.7.